The molecule has 10 heteroatoms. The highest BCUT2D eigenvalue weighted by Crippen LogP contribution is 2.30. The molecular formula is C26H30N6O4. The molecule has 4 rings (SSSR count). The summed E-state index contributed by atoms with van der Waals surface area (Å²) in [6.07, 6.45) is 9.49. The molecule has 0 saturated heterocycles. The van der Waals surface area contributed by atoms with Crippen LogP contribution in [0.25, 0.3) is 11.1 Å². The summed E-state index contributed by atoms with van der Waals surface area (Å²) in [6.45, 7) is 4.25. The van der Waals surface area contributed by atoms with Gasteiger partial charge in [0, 0.05) is 61.6 Å². The molecule has 3 atom stereocenters. The molecule has 0 aliphatic carbocycles. The lowest BCUT2D eigenvalue weighted by atomic mass is 9.99. The van der Waals surface area contributed by atoms with Gasteiger partial charge in [0.1, 0.15) is 18.0 Å². The molecule has 4 heterocycles. The van der Waals surface area contributed by atoms with E-state index in [1.54, 1.807) is 66.9 Å². The summed E-state index contributed by atoms with van der Waals surface area (Å²) in [5, 5.41) is 9.84. The van der Waals surface area contributed by atoms with E-state index in [9.17, 15) is 14.7 Å². The van der Waals surface area contributed by atoms with Crippen molar-refractivity contribution in [2.24, 2.45) is 5.92 Å². The maximum absolute atomic E-state index is 13.6. The van der Waals surface area contributed by atoms with E-state index in [1.807, 2.05) is 13.0 Å². The van der Waals surface area contributed by atoms with Crippen molar-refractivity contribution in [3.05, 3.63) is 66.6 Å². The normalized spacial score (nSPS) is 18.4. The number of pyridine rings is 2. The van der Waals surface area contributed by atoms with Gasteiger partial charge in [-0.05, 0) is 24.6 Å². The van der Waals surface area contributed by atoms with Gasteiger partial charge >= 0.3 is 0 Å². The number of aliphatic hydroxyl groups is 1. The van der Waals surface area contributed by atoms with E-state index < -0.39 is 12.1 Å². The van der Waals surface area contributed by atoms with Crippen molar-refractivity contribution in [3.8, 4) is 17.0 Å². The zero-order valence-electron chi connectivity index (χ0n) is 20.6. The van der Waals surface area contributed by atoms with Gasteiger partial charge in [-0.3, -0.25) is 14.6 Å². The molecule has 3 aromatic rings. The van der Waals surface area contributed by atoms with E-state index >= 15 is 0 Å². The van der Waals surface area contributed by atoms with Gasteiger partial charge in [-0.25, -0.2) is 15.0 Å². The number of hydrogen-bond donors (Lipinski definition) is 1. The van der Waals surface area contributed by atoms with Gasteiger partial charge in [-0.2, -0.15) is 0 Å². The Hall–Kier alpha value is -3.92. The van der Waals surface area contributed by atoms with Crippen LogP contribution in [0.3, 0.4) is 0 Å². The number of carbonyl (C=O) groups excluding carboxylic acids is 2. The molecule has 0 radical (unpaired) electrons. The molecule has 1 aliphatic rings. The Morgan fingerprint density at radius 1 is 1.22 bits per heavy atom. The number of ether oxygens (including phenoxy) is 1. The fourth-order valence-corrected chi connectivity index (χ4v) is 4.11. The summed E-state index contributed by atoms with van der Waals surface area (Å²) >= 11 is 0. The van der Waals surface area contributed by atoms with Crippen LogP contribution >= 0.6 is 0 Å². The number of carbonyl (C=O) groups is 2. The molecule has 0 bridgehead atoms. The molecule has 1 N–H and O–H groups in total. The third-order valence-electron chi connectivity index (χ3n) is 6.37. The Morgan fingerprint density at radius 3 is 2.69 bits per heavy atom. The van der Waals surface area contributed by atoms with Gasteiger partial charge in [0.25, 0.3) is 5.91 Å². The molecule has 2 amide bonds. The molecule has 0 unspecified atom stereocenters. The summed E-state index contributed by atoms with van der Waals surface area (Å²) in [5.74, 6) is -0.275. The molecule has 1 aliphatic heterocycles. The molecule has 0 spiro atoms. The first-order chi connectivity index (χ1) is 17.4. The van der Waals surface area contributed by atoms with Crippen LogP contribution in [0.2, 0.25) is 0 Å². The Morgan fingerprint density at radius 2 is 2.00 bits per heavy atom. The quantitative estimate of drug-likeness (QED) is 0.533. The molecular weight excluding hydrogens is 460 g/mol. The van der Waals surface area contributed by atoms with Crippen LogP contribution in [0.1, 0.15) is 29.8 Å². The summed E-state index contributed by atoms with van der Waals surface area (Å²) in [5.41, 5.74) is 2.52. The minimum Gasteiger partial charge on any atom is -0.472 e. The zero-order valence-corrected chi connectivity index (χ0v) is 20.6. The van der Waals surface area contributed by atoms with E-state index in [0.29, 0.717) is 18.7 Å². The lowest BCUT2D eigenvalue weighted by Gasteiger charge is -2.37. The average molecular weight is 491 g/mol. The molecule has 0 aromatic carbocycles. The highest BCUT2D eigenvalue weighted by Gasteiger charge is 2.34. The van der Waals surface area contributed by atoms with Gasteiger partial charge in [-0.1, -0.05) is 13.0 Å². The van der Waals surface area contributed by atoms with E-state index in [1.165, 1.54) is 6.33 Å². The van der Waals surface area contributed by atoms with Gasteiger partial charge in [-0.15, -0.1) is 0 Å². The molecule has 0 saturated carbocycles. The number of rotatable bonds is 7. The van der Waals surface area contributed by atoms with E-state index in [2.05, 4.69) is 19.9 Å². The summed E-state index contributed by atoms with van der Waals surface area (Å²) in [7, 11) is 1.74. The molecule has 10 nitrogen and oxygen atoms in total. The summed E-state index contributed by atoms with van der Waals surface area (Å²) < 4.78 is 6.28. The number of nitrogens with zero attached hydrogens (tertiary/aromatic N) is 6. The minimum absolute atomic E-state index is 0.0647. The summed E-state index contributed by atoms with van der Waals surface area (Å²) in [6, 6.07) is 4.98. The third kappa shape index (κ3) is 5.65. The lowest BCUT2D eigenvalue weighted by molar-refractivity contribution is -0.130. The van der Waals surface area contributed by atoms with E-state index in [4.69, 9.17) is 4.74 Å². The van der Waals surface area contributed by atoms with Gasteiger partial charge in [0.05, 0.1) is 25.6 Å². The predicted molar refractivity (Wildman–Crippen MR) is 132 cm³/mol. The fourth-order valence-electron chi connectivity index (χ4n) is 4.11. The van der Waals surface area contributed by atoms with Gasteiger partial charge in [0.15, 0.2) is 0 Å². The Kier molecular flexibility index (Phi) is 7.84. The predicted octanol–water partition coefficient (Wildman–Crippen LogP) is 1.85. The fraction of sp³-hybridized carbons (Fsp3) is 0.385. The highest BCUT2D eigenvalue weighted by atomic mass is 16.5. The molecule has 36 heavy (non-hydrogen) atoms. The number of aliphatic hydroxyl groups excluding tert-OH is 1. The second-order valence-electron chi connectivity index (χ2n) is 9.14. The van der Waals surface area contributed by atoms with Crippen LogP contribution < -0.4 is 4.74 Å². The van der Waals surface area contributed by atoms with Crippen molar-refractivity contribution in [2.75, 3.05) is 26.7 Å². The third-order valence-corrected chi connectivity index (χ3v) is 6.37. The lowest BCUT2D eigenvalue weighted by Crippen LogP contribution is -2.50. The first-order valence-corrected chi connectivity index (χ1v) is 11.8. The van der Waals surface area contributed by atoms with Gasteiger partial charge < -0.3 is 19.6 Å². The van der Waals surface area contributed by atoms with Crippen LogP contribution in [-0.4, -0.2) is 85.5 Å². The standard InChI is InChI=1S/C26H30N6O4/c1-17-13-32(18(2)15-33)26(35)22-8-20(21-10-28-16-29-11-21)12-30-25(22)36-23(17)14-31(3)24(34)7-19-5-4-6-27-9-19/h4-6,8-12,16-18,23,33H,7,13-15H2,1-3H3/t17-,18+,23-/m0/s1. The maximum atomic E-state index is 13.6. The van der Waals surface area contributed by atoms with Crippen LogP contribution in [0.4, 0.5) is 0 Å². The van der Waals surface area contributed by atoms with Crippen LogP contribution in [0, 0.1) is 5.92 Å². The van der Waals surface area contributed by atoms with Crippen LogP contribution in [0.15, 0.2) is 55.5 Å². The first-order valence-electron chi connectivity index (χ1n) is 11.8. The number of amides is 2. The van der Waals surface area contributed by atoms with Crippen molar-refractivity contribution in [3.63, 3.8) is 0 Å². The Bertz CT molecular complexity index is 1190. The van der Waals surface area contributed by atoms with Crippen molar-refractivity contribution < 1.29 is 19.4 Å². The van der Waals surface area contributed by atoms with Crippen molar-refractivity contribution in [1.29, 1.82) is 0 Å². The smallest absolute Gasteiger partial charge is 0.259 e. The van der Waals surface area contributed by atoms with Crippen LogP contribution in [-0.2, 0) is 11.2 Å². The first kappa shape index (κ1) is 25.2. The van der Waals surface area contributed by atoms with Crippen LogP contribution in [0.5, 0.6) is 5.88 Å². The second kappa shape index (κ2) is 11.2. The largest absolute Gasteiger partial charge is 0.472 e. The van der Waals surface area contributed by atoms with Gasteiger partial charge in [0.2, 0.25) is 11.8 Å². The van der Waals surface area contributed by atoms with Crippen molar-refractivity contribution in [2.45, 2.75) is 32.4 Å². The monoisotopic (exact) mass is 490 g/mol. The SMILES string of the molecule is C[C@H](CO)N1C[C@H](C)[C@H](CN(C)C(=O)Cc2cccnc2)Oc2ncc(-c3cncnc3)cc2C1=O. The number of hydrogen-bond acceptors (Lipinski definition) is 8. The average Bonchev–Trinajstić information content (AvgIpc) is 2.91. The molecule has 188 valence electrons. The minimum atomic E-state index is -0.425. The second-order valence-corrected chi connectivity index (χ2v) is 9.14. The number of fused-ring (bicyclic) bond motifs is 1. The maximum Gasteiger partial charge on any atom is 0.259 e. The Balaban J connectivity index is 1.62. The molecule has 0 fully saturated rings. The van der Waals surface area contributed by atoms with E-state index in [0.717, 1.165) is 11.1 Å². The highest BCUT2D eigenvalue weighted by molar-refractivity contribution is 5.98. The molecule has 3 aromatic heterocycles. The number of likely N-dealkylation sites (N-methyl/N-ethyl adjacent to an activating group) is 1. The zero-order chi connectivity index (χ0) is 25.7. The van der Waals surface area contributed by atoms with Crippen molar-refractivity contribution in [1.82, 2.24) is 29.7 Å². The van der Waals surface area contributed by atoms with Crippen molar-refractivity contribution >= 4 is 11.8 Å². The number of aromatic nitrogens is 4. The summed E-state index contributed by atoms with van der Waals surface area (Å²) in [4.78, 5) is 46.3. The topological polar surface area (TPSA) is 122 Å². The van der Waals surface area contributed by atoms with E-state index in [-0.39, 0.29) is 42.2 Å². The Labute approximate surface area is 210 Å².